The number of unbranched alkanes of at least 4 members (excludes halogenated alkanes) is 27. The summed E-state index contributed by atoms with van der Waals surface area (Å²) in [5.74, 6) is 0.556. The van der Waals surface area contributed by atoms with E-state index in [1.165, 1.54) is 167 Å². The van der Waals surface area contributed by atoms with Gasteiger partial charge in [0.15, 0.2) is 0 Å². The van der Waals surface area contributed by atoms with E-state index in [1.807, 2.05) is 0 Å². The smallest absolute Gasteiger partial charge is 0.308 e. The van der Waals surface area contributed by atoms with Crippen LogP contribution in [0.15, 0.2) is 0 Å². The summed E-state index contributed by atoms with van der Waals surface area (Å²) in [5.41, 5.74) is 0. The molecule has 3 atom stereocenters. The molecule has 0 aromatic heterocycles. The molecule has 0 spiro atoms. The summed E-state index contributed by atoms with van der Waals surface area (Å²) < 4.78 is 12.4. The van der Waals surface area contributed by atoms with Gasteiger partial charge in [-0.1, -0.05) is 247 Å². The monoisotopic (exact) mass is 1000 g/mol. The van der Waals surface area contributed by atoms with Crippen LogP contribution >= 0.6 is 0 Å². The maximum atomic E-state index is 13.8. The predicted octanol–water partition coefficient (Wildman–Crippen LogP) is 17.8. The van der Waals surface area contributed by atoms with Gasteiger partial charge < -0.3 is 24.8 Å². The second-order valence-electron chi connectivity index (χ2n) is 22.3. The van der Waals surface area contributed by atoms with E-state index >= 15 is 0 Å². The van der Waals surface area contributed by atoms with Crippen LogP contribution in [0, 0.1) is 23.7 Å². The van der Waals surface area contributed by atoms with Crippen LogP contribution in [0.5, 0.6) is 0 Å². The Hall–Kier alpha value is -1.67. The van der Waals surface area contributed by atoms with Gasteiger partial charge in [-0.15, -0.1) is 0 Å². The highest BCUT2D eigenvalue weighted by molar-refractivity contribution is 5.75. The van der Waals surface area contributed by atoms with E-state index in [1.54, 1.807) is 0 Å². The molecule has 0 aromatic rings. The Kier molecular flexibility index (Phi) is 53.3. The van der Waals surface area contributed by atoms with Crippen LogP contribution in [-0.2, 0) is 23.9 Å². The van der Waals surface area contributed by atoms with Gasteiger partial charge in [0.05, 0.1) is 31.7 Å². The van der Waals surface area contributed by atoms with Gasteiger partial charge in [-0.3, -0.25) is 14.4 Å². The first-order valence-electron chi connectivity index (χ1n) is 31.7. The number of hydrogen-bond acceptors (Lipinski definition) is 7. The molecule has 422 valence electrons. The molecule has 0 aromatic carbocycles. The van der Waals surface area contributed by atoms with E-state index in [0.29, 0.717) is 32.1 Å². The van der Waals surface area contributed by atoms with Crippen LogP contribution in [0.1, 0.15) is 318 Å². The van der Waals surface area contributed by atoms with Crippen molar-refractivity contribution >= 4 is 17.8 Å². The van der Waals surface area contributed by atoms with Crippen LogP contribution in [0.2, 0.25) is 0 Å². The summed E-state index contributed by atoms with van der Waals surface area (Å²) in [4.78, 5) is 42.8. The lowest BCUT2D eigenvalue weighted by Gasteiger charge is -2.23. The SMILES string of the molecule is CCCCCCCCC(CCCCCC)CNC(=O)CCCCCN(CCO)CCCCC(COC(=O)C(CCCCCC)CCCCCCCC)COC(=O)C(CCCCCC)CCCCCCCC. The van der Waals surface area contributed by atoms with Crippen LogP contribution in [0.4, 0.5) is 0 Å². The fourth-order valence-electron chi connectivity index (χ4n) is 10.4. The van der Waals surface area contributed by atoms with E-state index in [4.69, 9.17) is 9.47 Å². The van der Waals surface area contributed by atoms with Crippen molar-refractivity contribution in [2.24, 2.45) is 23.7 Å². The molecule has 0 aliphatic rings. The third kappa shape index (κ3) is 45.4. The van der Waals surface area contributed by atoms with Crippen LogP contribution in [-0.4, -0.2) is 73.9 Å². The number of rotatable bonds is 57. The first kappa shape index (κ1) is 69.3. The first-order chi connectivity index (χ1) is 34.8. The number of aliphatic hydroxyl groups excluding tert-OH is 1. The molecule has 0 rings (SSSR count). The highest BCUT2D eigenvalue weighted by Gasteiger charge is 2.24. The zero-order valence-corrected chi connectivity index (χ0v) is 48.6. The summed E-state index contributed by atoms with van der Waals surface area (Å²) in [6.45, 7) is 17.5. The number of ether oxygens (including phenoxy) is 2. The lowest BCUT2D eigenvalue weighted by atomic mass is 9.94. The maximum Gasteiger partial charge on any atom is 0.308 e. The molecule has 0 bridgehead atoms. The number of nitrogens with one attached hydrogen (secondary N) is 1. The van der Waals surface area contributed by atoms with E-state index in [0.717, 1.165) is 122 Å². The van der Waals surface area contributed by atoms with Crippen LogP contribution in [0.25, 0.3) is 0 Å². The molecular formula is C63H124N2O6. The van der Waals surface area contributed by atoms with Gasteiger partial charge in [-0.2, -0.15) is 0 Å². The van der Waals surface area contributed by atoms with Gasteiger partial charge in [0, 0.05) is 25.4 Å². The fourth-order valence-corrected chi connectivity index (χ4v) is 10.4. The molecule has 0 saturated heterocycles. The van der Waals surface area contributed by atoms with Gasteiger partial charge in [-0.05, 0) is 83.2 Å². The Bertz CT molecular complexity index is 1090. The number of carbonyl (C=O) groups is 3. The van der Waals surface area contributed by atoms with Crippen molar-refractivity contribution < 1.29 is 29.0 Å². The summed E-state index contributed by atoms with van der Waals surface area (Å²) in [7, 11) is 0. The minimum atomic E-state index is -0.0552. The highest BCUT2D eigenvalue weighted by Crippen LogP contribution is 2.25. The van der Waals surface area contributed by atoms with Gasteiger partial charge in [0.2, 0.25) is 5.91 Å². The third-order valence-corrected chi connectivity index (χ3v) is 15.4. The lowest BCUT2D eigenvalue weighted by molar-refractivity contribution is -0.155. The minimum absolute atomic E-state index is 0.0307. The van der Waals surface area contributed by atoms with Crippen molar-refractivity contribution in [1.82, 2.24) is 10.2 Å². The van der Waals surface area contributed by atoms with Gasteiger partial charge in [0.1, 0.15) is 0 Å². The number of aliphatic hydroxyl groups is 1. The average Bonchev–Trinajstić information content (AvgIpc) is 3.37. The molecular weight excluding hydrogens is 881 g/mol. The molecule has 0 saturated carbocycles. The molecule has 8 nitrogen and oxygen atoms in total. The molecule has 71 heavy (non-hydrogen) atoms. The van der Waals surface area contributed by atoms with E-state index in [9.17, 15) is 19.5 Å². The van der Waals surface area contributed by atoms with Crippen LogP contribution in [0.3, 0.4) is 0 Å². The van der Waals surface area contributed by atoms with Crippen molar-refractivity contribution in [2.45, 2.75) is 318 Å². The number of carbonyl (C=O) groups excluding carboxylic acids is 3. The molecule has 3 unspecified atom stereocenters. The van der Waals surface area contributed by atoms with Crippen molar-refractivity contribution in [3.63, 3.8) is 0 Å². The van der Waals surface area contributed by atoms with Crippen LogP contribution < -0.4 is 5.32 Å². The Balaban J connectivity index is 5.42. The largest absolute Gasteiger partial charge is 0.465 e. The number of nitrogens with zero attached hydrogens (tertiary/aromatic N) is 1. The highest BCUT2D eigenvalue weighted by atomic mass is 16.5. The second-order valence-corrected chi connectivity index (χ2v) is 22.3. The molecule has 2 N–H and O–H groups in total. The number of hydrogen-bond donors (Lipinski definition) is 2. The third-order valence-electron chi connectivity index (χ3n) is 15.4. The molecule has 0 fully saturated rings. The van der Waals surface area contributed by atoms with Gasteiger partial charge >= 0.3 is 11.9 Å². The Morgan fingerprint density at radius 2 is 0.690 bits per heavy atom. The molecule has 0 heterocycles. The Labute approximate surface area is 442 Å². The predicted molar refractivity (Wildman–Crippen MR) is 305 cm³/mol. The minimum Gasteiger partial charge on any atom is -0.465 e. The summed E-state index contributed by atoms with van der Waals surface area (Å²) in [5, 5.41) is 13.3. The number of esters is 2. The molecule has 8 heteroatoms. The topological polar surface area (TPSA) is 105 Å². The first-order valence-corrected chi connectivity index (χ1v) is 31.7. The van der Waals surface area contributed by atoms with Crippen molar-refractivity contribution in [1.29, 1.82) is 0 Å². The zero-order valence-electron chi connectivity index (χ0n) is 48.6. The summed E-state index contributed by atoms with van der Waals surface area (Å²) in [6.07, 6.45) is 49.2. The Morgan fingerprint density at radius 3 is 1.08 bits per heavy atom. The quantitative estimate of drug-likeness (QED) is 0.0462. The molecule has 0 radical (unpaired) electrons. The normalized spacial score (nSPS) is 13.4. The summed E-state index contributed by atoms with van der Waals surface area (Å²) in [6, 6.07) is 0. The standard InChI is InChI=1S/C63H124N2O6/c1-7-13-19-25-28-33-43-57(42-32-22-16-10-4)54-64-61(67)49-38-31-40-50-65(52-53-66)51-41-39-44-58(55-70-62(68)59(45-34-23-17-11-5)47-36-29-26-20-14-8-2)56-71-63(69)60(46-35-24-18-12-6)48-37-30-27-21-15-9-3/h57-60,66H,7-56H2,1-6H3,(H,64,67). The van der Waals surface area contributed by atoms with Crippen molar-refractivity contribution in [3.8, 4) is 0 Å². The van der Waals surface area contributed by atoms with E-state index in [-0.39, 0.29) is 42.2 Å². The van der Waals surface area contributed by atoms with Crippen molar-refractivity contribution in [3.05, 3.63) is 0 Å². The van der Waals surface area contributed by atoms with Gasteiger partial charge in [0.25, 0.3) is 0 Å². The van der Waals surface area contributed by atoms with Crippen molar-refractivity contribution in [2.75, 3.05) is 46.0 Å². The lowest BCUT2D eigenvalue weighted by Crippen LogP contribution is -2.30. The van der Waals surface area contributed by atoms with E-state index < -0.39 is 0 Å². The summed E-state index contributed by atoms with van der Waals surface area (Å²) >= 11 is 0. The Morgan fingerprint density at radius 1 is 0.380 bits per heavy atom. The number of amides is 1. The van der Waals surface area contributed by atoms with Gasteiger partial charge in [-0.25, -0.2) is 0 Å². The molecule has 1 amide bonds. The molecule has 0 aliphatic carbocycles. The second kappa shape index (κ2) is 54.6. The zero-order chi connectivity index (χ0) is 52.1. The fraction of sp³-hybridized carbons (Fsp3) is 0.952. The molecule has 0 aliphatic heterocycles. The van der Waals surface area contributed by atoms with E-state index in [2.05, 4.69) is 51.8 Å². The maximum absolute atomic E-state index is 13.8. The average molecular weight is 1010 g/mol.